The van der Waals surface area contributed by atoms with Gasteiger partial charge in [-0.2, -0.15) is 5.26 Å². The fourth-order valence-electron chi connectivity index (χ4n) is 4.58. The molecule has 3 heterocycles. The predicted octanol–water partition coefficient (Wildman–Crippen LogP) is 4.91. The van der Waals surface area contributed by atoms with E-state index in [-0.39, 0.29) is 12.3 Å². The van der Waals surface area contributed by atoms with Crippen LogP contribution in [0.5, 0.6) is 0 Å². The van der Waals surface area contributed by atoms with Gasteiger partial charge in [-0.1, -0.05) is 31.4 Å². The number of pyridine rings is 2. The molecule has 8 heteroatoms. The van der Waals surface area contributed by atoms with Crippen molar-refractivity contribution in [1.82, 2.24) is 19.5 Å². The molecule has 1 saturated carbocycles. The number of nitrogens with zero attached hydrogens (tertiary/aromatic N) is 5. The fraction of sp³-hybridized carbons (Fsp3) is 0.500. The highest BCUT2D eigenvalue weighted by molar-refractivity contribution is 6.30. The van der Waals surface area contributed by atoms with Gasteiger partial charge in [0, 0.05) is 37.2 Å². The Hall–Kier alpha value is -2.53. The van der Waals surface area contributed by atoms with Gasteiger partial charge in [0.25, 0.3) is 0 Å². The summed E-state index contributed by atoms with van der Waals surface area (Å²) in [5.74, 6) is 1.92. The van der Waals surface area contributed by atoms with Gasteiger partial charge in [-0.05, 0) is 37.7 Å². The molecule has 0 aromatic carbocycles. The number of hydrogen-bond donors (Lipinski definition) is 1. The third-order valence-corrected chi connectivity index (χ3v) is 6.45. The van der Waals surface area contributed by atoms with Crippen LogP contribution < -0.4 is 0 Å². The molecule has 0 spiro atoms. The second kappa shape index (κ2) is 9.95. The molecule has 1 N–H and O–H groups in total. The van der Waals surface area contributed by atoms with E-state index < -0.39 is 6.10 Å². The van der Waals surface area contributed by atoms with Crippen molar-refractivity contribution < 1.29 is 9.84 Å². The van der Waals surface area contributed by atoms with Crippen LogP contribution in [0, 0.1) is 23.2 Å². The molecular formula is C24H28ClN5O2. The normalized spacial score (nSPS) is 19.7. The minimum atomic E-state index is -0.550. The molecule has 32 heavy (non-hydrogen) atoms. The maximum atomic E-state index is 10.1. The zero-order valence-corrected chi connectivity index (χ0v) is 19.2. The number of rotatable bonds is 7. The summed E-state index contributed by atoms with van der Waals surface area (Å²) >= 11 is 6.22. The third kappa shape index (κ3) is 4.63. The molecule has 3 aromatic heterocycles. The zero-order valence-electron chi connectivity index (χ0n) is 18.5. The first kappa shape index (κ1) is 22.7. The Labute approximate surface area is 193 Å². The van der Waals surface area contributed by atoms with Gasteiger partial charge in [0.05, 0.1) is 28.4 Å². The zero-order chi connectivity index (χ0) is 22.7. The monoisotopic (exact) mass is 453 g/mol. The summed E-state index contributed by atoms with van der Waals surface area (Å²) in [4.78, 5) is 13.7. The van der Waals surface area contributed by atoms with Crippen LogP contribution in [0.2, 0.25) is 5.02 Å². The van der Waals surface area contributed by atoms with Crippen molar-refractivity contribution in [1.29, 1.82) is 5.26 Å². The summed E-state index contributed by atoms with van der Waals surface area (Å²) in [6.07, 6.45) is 7.44. The largest absolute Gasteiger partial charge is 0.393 e. The summed E-state index contributed by atoms with van der Waals surface area (Å²) in [6, 6.07) is 5.62. The van der Waals surface area contributed by atoms with Crippen LogP contribution in [0.3, 0.4) is 0 Å². The highest BCUT2D eigenvalue weighted by atomic mass is 35.5. The summed E-state index contributed by atoms with van der Waals surface area (Å²) in [5.41, 5.74) is 3.09. The van der Waals surface area contributed by atoms with Crippen molar-refractivity contribution in [3.8, 4) is 17.3 Å². The quantitative estimate of drug-likeness (QED) is 0.545. The number of nitriles is 1. The SMILES string of the molecule is CCOC(CO)c1nc2cc(C#N)nc(-c3cncc(Cl)c3)c2n1CC1CCC(C)CC1. The van der Waals surface area contributed by atoms with Gasteiger partial charge >= 0.3 is 0 Å². The first-order valence-corrected chi connectivity index (χ1v) is 11.6. The summed E-state index contributed by atoms with van der Waals surface area (Å²) < 4.78 is 7.96. The number of imidazole rings is 1. The van der Waals surface area contributed by atoms with Gasteiger partial charge in [0.1, 0.15) is 23.7 Å². The Kier molecular flexibility index (Phi) is 7.04. The lowest BCUT2D eigenvalue weighted by Gasteiger charge is -2.28. The smallest absolute Gasteiger partial charge is 0.143 e. The van der Waals surface area contributed by atoms with Gasteiger partial charge in [-0.3, -0.25) is 4.98 Å². The van der Waals surface area contributed by atoms with Crippen LogP contribution in [-0.4, -0.2) is 37.8 Å². The number of hydrogen-bond acceptors (Lipinski definition) is 6. The van der Waals surface area contributed by atoms with Crippen molar-refractivity contribution in [2.75, 3.05) is 13.2 Å². The molecule has 1 atom stereocenters. The van der Waals surface area contributed by atoms with E-state index in [1.165, 1.54) is 12.8 Å². The second-order valence-corrected chi connectivity index (χ2v) is 9.00. The molecule has 4 rings (SSSR count). The van der Waals surface area contributed by atoms with Crippen molar-refractivity contribution in [2.24, 2.45) is 11.8 Å². The lowest BCUT2D eigenvalue weighted by atomic mass is 9.83. The second-order valence-electron chi connectivity index (χ2n) is 8.56. The van der Waals surface area contributed by atoms with E-state index in [9.17, 15) is 10.4 Å². The minimum absolute atomic E-state index is 0.175. The highest BCUT2D eigenvalue weighted by Gasteiger charge is 2.27. The average molecular weight is 454 g/mol. The molecule has 7 nitrogen and oxygen atoms in total. The standard InChI is InChI=1S/C24H28ClN5O2/c1-3-32-21(14-31)24-29-20-9-19(10-26)28-22(17-8-18(25)12-27-11-17)23(20)30(24)13-16-6-4-15(2)5-7-16/h8-9,11-12,15-16,21,31H,3-7,13-14H2,1-2H3. The number of aliphatic hydroxyl groups excluding tert-OH is 1. The molecule has 168 valence electrons. The average Bonchev–Trinajstić information content (AvgIpc) is 3.16. The molecular weight excluding hydrogens is 426 g/mol. The van der Waals surface area contributed by atoms with Crippen LogP contribution >= 0.6 is 11.6 Å². The van der Waals surface area contributed by atoms with Crippen LogP contribution in [-0.2, 0) is 11.3 Å². The molecule has 0 saturated heterocycles. The molecule has 0 amide bonds. The lowest BCUT2D eigenvalue weighted by Crippen LogP contribution is -2.22. The molecule has 0 radical (unpaired) electrons. The van der Waals surface area contributed by atoms with E-state index in [0.29, 0.717) is 34.6 Å². The highest BCUT2D eigenvalue weighted by Crippen LogP contribution is 2.35. The lowest BCUT2D eigenvalue weighted by molar-refractivity contribution is 0.0109. The Morgan fingerprint density at radius 1 is 1.25 bits per heavy atom. The Balaban J connectivity index is 1.92. The van der Waals surface area contributed by atoms with Gasteiger partial charge in [-0.15, -0.1) is 0 Å². The van der Waals surface area contributed by atoms with E-state index in [2.05, 4.69) is 27.5 Å². The van der Waals surface area contributed by atoms with Crippen molar-refractivity contribution in [3.05, 3.63) is 41.1 Å². The van der Waals surface area contributed by atoms with E-state index in [0.717, 1.165) is 36.4 Å². The van der Waals surface area contributed by atoms with Crippen molar-refractivity contribution in [3.63, 3.8) is 0 Å². The van der Waals surface area contributed by atoms with Crippen LogP contribution in [0.1, 0.15) is 57.2 Å². The van der Waals surface area contributed by atoms with Crippen LogP contribution in [0.25, 0.3) is 22.3 Å². The molecule has 0 bridgehead atoms. The van der Waals surface area contributed by atoms with E-state index in [1.54, 1.807) is 24.5 Å². The topological polar surface area (TPSA) is 96.8 Å². The maximum absolute atomic E-state index is 10.1. The van der Waals surface area contributed by atoms with Crippen molar-refractivity contribution in [2.45, 2.75) is 52.2 Å². The molecule has 1 fully saturated rings. The Morgan fingerprint density at radius 3 is 2.69 bits per heavy atom. The van der Waals surface area contributed by atoms with E-state index in [1.807, 2.05) is 6.92 Å². The van der Waals surface area contributed by atoms with Gasteiger partial charge in [0.15, 0.2) is 0 Å². The minimum Gasteiger partial charge on any atom is -0.393 e. The number of fused-ring (bicyclic) bond motifs is 1. The first-order chi connectivity index (χ1) is 15.5. The van der Waals surface area contributed by atoms with Crippen molar-refractivity contribution >= 4 is 22.6 Å². The summed E-state index contributed by atoms with van der Waals surface area (Å²) in [5, 5.41) is 20.1. The Morgan fingerprint density at radius 2 is 2.03 bits per heavy atom. The van der Waals surface area contributed by atoms with E-state index >= 15 is 0 Å². The number of halogens is 1. The number of aliphatic hydroxyl groups is 1. The summed E-state index contributed by atoms with van der Waals surface area (Å²) in [6.45, 7) is 5.25. The fourth-order valence-corrected chi connectivity index (χ4v) is 4.76. The Bertz CT molecular complexity index is 1130. The first-order valence-electron chi connectivity index (χ1n) is 11.2. The summed E-state index contributed by atoms with van der Waals surface area (Å²) in [7, 11) is 0. The van der Waals surface area contributed by atoms with Gasteiger partial charge in [0.2, 0.25) is 0 Å². The molecule has 3 aromatic rings. The number of ether oxygens (including phenoxy) is 1. The van der Waals surface area contributed by atoms with E-state index in [4.69, 9.17) is 21.3 Å². The molecule has 1 aliphatic carbocycles. The van der Waals surface area contributed by atoms with Gasteiger partial charge < -0.3 is 14.4 Å². The molecule has 1 aliphatic rings. The molecule has 1 unspecified atom stereocenters. The van der Waals surface area contributed by atoms with Crippen LogP contribution in [0.4, 0.5) is 0 Å². The third-order valence-electron chi connectivity index (χ3n) is 6.24. The number of aromatic nitrogens is 4. The van der Waals surface area contributed by atoms with Gasteiger partial charge in [-0.25, -0.2) is 9.97 Å². The maximum Gasteiger partial charge on any atom is 0.143 e. The molecule has 0 aliphatic heterocycles. The van der Waals surface area contributed by atoms with Crippen LogP contribution in [0.15, 0.2) is 24.5 Å². The predicted molar refractivity (Wildman–Crippen MR) is 123 cm³/mol.